The third-order valence-electron chi connectivity index (χ3n) is 3.22. The fourth-order valence-corrected chi connectivity index (χ4v) is 2.70. The third-order valence-corrected chi connectivity index (χ3v) is 4.04. The van der Waals surface area contributed by atoms with Crippen LogP contribution in [0.4, 0.5) is 0 Å². The summed E-state index contributed by atoms with van der Waals surface area (Å²) in [7, 11) is 1.66. The summed E-state index contributed by atoms with van der Waals surface area (Å²) in [4.78, 5) is 0. The lowest BCUT2D eigenvalue weighted by Gasteiger charge is -2.18. The summed E-state index contributed by atoms with van der Waals surface area (Å²) in [6.07, 6.45) is 2.36. The zero-order valence-corrected chi connectivity index (χ0v) is 14.1. The second-order valence-corrected chi connectivity index (χ2v) is 5.97. The number of rotatable bonds is 7. The highest BCUT2D eigenvalue weighted by atomic mass is 79.9. The van der Waals surface area contributed by atoms with E-state index in [1.807, 2.05) is 16.8 Å². The first-order valence-electron chi connectivity index (χ1n) is 6.56. The van der Waals surface area contributed by atoms with Gasteiger partial charge in [0.2, 0.25) is 0 Å². The molecule has 0 fully saturated rings. The molecule has 1 aromatic heterocycles. The van der Waals surface area contributed by atoms with Crippen molar-refractivity contribution in [1.82, 2.24) is 15.2 Å². The van der Waals surface area contributed by atoms with Crippen LogP contribution in [0.3, 0.4) is 0 Å². The van der Waals surface area contributed by atoms with Crippen LogP contribution in [0.25, 0.3) is 0 Å². The summed E-state index contributed by atoms with van der Waals surface area (Å²) in [5.41, 5.74) is 4.87. The number of nitrogens with zero attached hydrogens (tertiary/aromatic N) is 2. The Balaban J connectivity index is 2.20. The van der Waals surface area contributed by atoms with Crippen molar-refractivity contribution in [3.05, 3.63) is 51.2 Å². The lowest BCUT2D eigenvalue weighted by atomic mass is 10.0. The quantitative estimate of drug-likeness (QED) is 0.578. The van der Waals surface area contributed by atoms with Crippen molar-refractivity contribution in [1.29, 1.82) is 0 Å². The molecule has 0 saturated carbocycles. The van der Waals surface area contributed by atoms with E-state index in [-0.39, 0.29) is 6.04 Å². The number of hydrogen-bond donors (Lipinski definition) is 2. The first kappa shape index (κ1) is 16.5. The van der Waals surface area contributed by atoms with Crippen LogP contribution in [-0.2, 0) is 17.7 Å². The third kappa shape index (κ3) is 4.28. The number of nitrogens with one attached hydrogen (secondary N) is 1. The molecule has 1 unspecified atom stereocenters. The lowest BCUT2D eigenvalue weighted by Crippen LogP contribution is -2.32. The molecule has 0 aliphatic carbocycles. The van der Waals surface area contributed by atoms with Gasteiger partial charge in [-0.3, -0.25) is 16.0 Å². The Morgan fingerprint density at radius 1 is 1.43 bits per heavy atom. The molecule has 0 bridgehead atoms. The number of methoxy groups -OCH3 is 1. The second kappa shape index (κ2) is 7.91. The molecule has 114 valence electrons. The number of hydrazine groups is 1. The van der Waals surface area contributed by atoms with Gasteiger partial charge in [-0.25, -0.2) is 0 Å². The highest BCUT2D eigenvalue weighted by Crippen LogP contribution is 2.25. The lowest BCUT2D eigenvalue weighted by molar-refractivity contribution is 0.181. The SMILES string of the molecule is COCCn1ncc(Cl)c1C(Cc1ccc(Br)cc1)NN. The van der Waals surface area contributed by atoms with Gasteiger partial charge in [-0.15, -0.1) is 0 Å². The van der Waals surface area contributed by atoms with Gasteiger partial charge in [-0.2, -0.15) is 5.10 Å². The van der Waals surface area contributed by atoms with E-state index in [0.717, 1.165) is 22.2 Å². The van der Waals surface area contributed by atoms with E-state index < -0.39 is 0 Å². The van der Waals surface area contributed by atoms with Crippen LogP contribution >= 0.6 is 27.5 Å². The monoisotopic (exact) mass is 372 g/mol. The van der Waals surface area contributed by atoms with Gasteiger partial charge >= 0.3 is 0 Å². The smallest absolute Gasteiger partial charge is 0.0834 e. The largest absolute Gasteiger partial charge is 0.383 e. The van der Waals surface area contributed by atoms with Crippen molar-refractivity contribution >= 4 is 27.5 Å². The summed E-state index contributed by atoms with van der Waals surface area (Å²) in [5.74, 6) is 5.72. The Kier molecular flexibility index (Phi) is 6.20. The van der Waals surface area contributed by atoms with Gasteiger partial charge in [-0.1, -0.05) is 39.7 Å². The number of aromatic nitrogens is 2. The molecule has 0 radical (unpaired) electrons. The van der Waals surface area contributed by atoms with Crippen molar-refractivity contribution in [2.45, 2.75) is 19.0 Å². The number of halogens is 2. The van der Waals surface area contributed by atoms with Gasteiger partial charge in [-0.05, 0) is 24.1 Å². The number of hydrogen-bond acceptors (Lipinski definition) is 4. The maximum Gasteiger partial charge on any atom is 0.0834 e. The molecule has 3 N–H and O–H groups in total. The molecular formula is C14H18BrClN4O. The first-order valence-corrected chi connectivity index (χ1v) is 7.73. The van der Waals surface area contributed by atoms with Crippen LogP contribution in [0.1, 0.15) is 17.3 Å². The average molecular weight is 374 g/mol. The van der Waals surface area contributed by atoms with Crippen LogP contribution < -0.4 is 11.3 Å². The summed E-state index contributed by atoms with van der Waals surface area (Å²) < 4.78 is 7.97. The van der Waals surface area contributed by atoms with E-state index in [1.54, 1.807) is 13.3 Å². The highest BCUT2D eigenvalue weighted by molar-refractivity contribution is 9.10. The minimum absolute atomic E-state index is 0.113. The van der Waals surface area contributed by atoms with Crippen LogP contribution in [0.2, 0.25) is 5.02 Å². The summed E-state index contributed by atoms with van der Waals surface area (Å²) in [5, 5.41) is 4.88. The fourth-order valence-electron chi connectivity index (χ4n) is 2.17. The van der Waals surface area contributed by atoms with Crippen molar-refractivity contribution in [3.8, 4) is 0 Å². The Morgan fingerprint density at radius 3 is 2.76 bits per heavy atom. The van der Waals surface area contributed by atoms with Gasteiger partial charge in [0.15, 0.2) is 0 Å². The normalized spacial score (nSPS) is 12.6. The number of nitrogens with two attached hydrogens (primary N) is 1. The molecule has 0 amide bonds. The number of ether oxygens (including phenoxy) is 1. The predicted octanol–water partition coefficient (Wildman–Crippen LogP) is 2.69. The zero-order valence-electron chi connectivity index (χ0n) is 11.7. The molecule has 0 aliphatic rings. The van der Waals surface area contributed by atoms with Crippen LogP contribution in [0.15, 0.2) is 34.9 Å². The molecule has 0 aliphatic heterocycles. The van der Waals surface area contributed by atoms with E-state index in [2.05, 4.69) is 38.6 Å². The molecule has 1 aromatic carbocycles. The molecule has 2 rings (SSSR count). The number of benzene rings is 1. The summed E-state index contributed by atoms with van der Waals surface area (Å²) in [6, 6.07) is 8.01. The maximum absolute atomic E-state index is 6.26. The Morgan fingerprint density at radius 2 is 2.14 bits per heavy atom. The summed E-state index contributed by atoms with van der Waals surface area (Å²) in [6.45, 7) is 1.21. The van der Waals surface area contributed by atoms with Crippen LogP contribution in [0, 0.1) is 0 Å². The Labute approximate surface area is 137 Å². The molecule has 7 heteroatoms. The minimum Gasteiger partial charge on any atom is -0.383 e. The molecule has 21 heavy (non-hydrogen) atoms. The van der Waals surface area contributed by atoms with Crippen LogP contribution in [0.5, 0.6) is 0 Å². The van der Waals surface area contributed by atoms with E-state index in [0.29, 0.717) is 18.2 Å². The van der Waals surface area contributed by atoms with Gasteiger partial charge in [0.1, 0.15) is 0 Å². The predicted molar refractivity (Wildman–Crippen MR) is 87.0 cm³/mol. The van der Waals surface area contributed by atoms with Crippen molar-refractivity contribution in [2.75, 3.05) is 13.7 Å². The topological polar surface area (TPSA) is 65.1 Å². The Hall–Kier alpha value is -0.920. The van der Waals surface area contributed by atoms with Crippen molar-refractivity contribution < 1.29 is 4.74 Å². The van der Waals surface area contributed by atoms with Gasteiger partial charge in [0.05, 0.1) is 36.1 Å². The van der Waals surface area contributed by atoms with E-state index in [4.69, 9.17) is 22.2 Å². The molecule has 5 nitrogen and oxygen atoms in total. The molecule has 0 saturated heterocycles. The van der Waals surface area contributed by atoms with E-state index >= 15 is 0 Å². The van der Waals surface area contributed by atoms with Crippen molar-refractivity contribution in [2.24, 2.45) is 5.84 Å². The zero-order chi connectivity index (χ0) is 15.2. The first-order chi connectivity index (χ1) is 10.2. The average Bonchev–Trinajstić information content (AvgIpc) is 2.85. The van der Waals surface area contributed by atoms with Gasteiger partial charge in [0.25, 0.3) is 0 Å². The molecule has 1 heterocycles. The molecular weight excluding hydrogens is 356 g/mol. The van der Waals surface area contributed by atoms with E-state index in [1.165, 1.54) is 0 Å². The Bertz CT molecular complexity index is 573. The molecule has 2 aromatic rings. The molecule has 1 atom stereocenters. The van der Waals surface area contributed by atoms with Gasteiger partial charge < -0.3 is 4.74 Å². The highest BCUT2D eigenvalue weighted by Gasteiger charge is 2.19. The van der Waals surface area contributed by atoms with E-state index in [9.17, 15) is 0 Å². The molecule has 0 spiro atoms. The summed E-state index contributed by atoms with van der Waals surface area (Å²) >= 11 is 9.69. The second-order valence-electron chi connectivity index (χ2n) is 4.64. The maximum atomic E-state index is 6.26. The minimum atomic E-state index is -0.113. The standard InChI is InChI=1S/C14H18BrClN4O/c1-21-7-6-20-14(12(16)9-18-20)13(19-17)8-10-2-4-11(15)5-3-10/h2-5,9,13,19H,6-8,17H2,1H3. The van der Waals surface area contributed by atoms with Crippen molar-refractivity contribution in [3.63, 3.8) is 0 Å². The fraction of sp³-hybridized carbons (Fsp3) is 0.357. The van der Waals surface area contributed by atoms with Gasteiger partial charge in [0, 0.05) is 11.6 Å². The van der Waals surface area contributed by atoms with Crippen LogP contribution in [-0.4, -0.2) is 23.5 Å².